The summed E-state index contributed by atoms with van der Waals surface area (Å²) < 4.78 is 32.0. The Labute approximate surface area is 182 Å². The fraction of sp³-hybridized carbons (Fsp3) is 0.682. The van der Waals surface area contributed by atoms with Crippen LogP contribution in [0, 0.1) is 0 Å². The van der Waals surface area contributed by atoms with Gasteiger partial charge in [0.15, 0.2) is 5.96 Å². The highest BCUT2D eigenvalue weighted by atomic mass is 32.2. The normalized spacial score (nSPS) is 16.6. The van der Waals surface area contributed by atoms with Crippen molar-refractivity contribution in [2.45, 2.75) is 58.9 Å². The molecule has 7 nitrogen and oxygen atoms in total. The van der Waals surface area contributed by atoms with E-state index in [0.29, 0.717) is 38.6 Å². The van der Waals surface area contributed by atoms with Crippen molar-refractivity contribution in [1.29, 1.82) is 0 Å². The number of nitrogens with zero attached hydrogens (tertiary/aromatic N) is 2. The lowest BCUT2D eigenvalue weighted by atomic mass is 10.0. The molecular formula is C22H38N4O3S. The second kappa shape index (κ2) is 12.2. The summed E-state index contributed by atoms with van der Waals surface area (Å²) in [6.07, 6.45) is 2.22. The summed E-state index contributed by atoms with van der Waals surface area (Å²) in [6.45, 7) is 11.2. The molecule has 1 fully saturated rings. The van der Waals surface area contributed by atoms with E-state index < -0.39 is 10.0 Å². The molecule has 1 aliphatic heterocycles. The van der Waals surface area contributed by atoms with Crippen molar-refractivity contribution < 1.29 is 13.2 Å². The molecule has 1 aromatic rings. The van der Waals surface area contributed by atoms with E-state index >= 15 is 0 Å². The lowest BCUT2D eigenvalue weighted by Crippen LogP contribution is -2.50. The van der Waals surface area contributed by atoms with Gasteiger partial charge in [0.05, 0.1) is 12.3 Å². The molecule has 1 aliphatic rings. The Bertz CT molecular complexity index is 772. The number of piperidine rings is 1. The number of ether oxygens (including phenoxy) is 1. The first-order valence-electron chi connectivity index (χ1n) is 11.1. The van der Waals surface area contributed by atoms with Crippen molar-refractivity contribution in [3.63, 3.8) is 0 Å². The van der Waals surface area contributed by atoms with Crippen LogP contribution in [0.3, 0.4) is 0 Å². The largest absolute Gasteiger partial charge is 0.491 e. The maximum absolute atomic E-state index is 12.2. The van der Waals surface area contributed by atoms with E-state index in [9.17, 15) is 8.42 Å². The van der Waals surface area contributed by atoms with E-state index in [1.807, 2.05) is 32.0 Å². The average Bonchev–Trinajstić information content (AvgIpc) is 2.72. The molecule has 1 heterocycles. The van der Waals surface area contributed by atoms with E-state index in [1.54, 1.807) is 4.31 Å². The summed E-state index contributed by atoms with van der Waals surface area (Å²) in [6, 6.07) is 8.35. The van der Waals surface area contributed by atoms with E-state index in [1.165, 1.54) is 5.56 Å². The zero-order valence-electron chi connectivity index (χ0n) is 18.9. The van der Waals surface area contributed by atoms with Gasteiger partial charge in [-0.05, 0) is 43.7 Å². The summed E-state index contributed by atoms with van der Waals surface area (Å²) in [5.74, 6) is 2.32. The summed E-state index contributed by atoms with van der Waals surface area (Å²) in [7, 11) is -3.11. The molecule has 2 N–H and O–H groups in total. The Hall–Kier alpha value is -1.80. The number of guanidine groups is 1. The van der Waals surface area contributed by atoms with Gasteiger partial charge in [0.2, 0.25) is 10.0 Å². The number of hydrogen-bond donors (Lipinski definition) is 2. The first-order chi connectivity index (χ1) is 14.4. The second-order valence-electron chi connectivity index (χ2n) is 7.94. The van der Waals surface area contributed by atoms with Gasteiger partial charge in [-0.15, -0.1) is 0 Å². The molecule has 1 aromatic carbocycles. The second-order valence-corrected chi connectivity index (χ2v) is 10.0. The Morgan fingerprint density at radius 1 is 1.23 bits per heavy atom. The van der Waals surface area contributed by atoms with Crippen LogP contribution in [0.4, 0.5) is 0 Å². The number of rotatable bonds is 10. The van der Waals surface area contributed by atoms with Crippen molar-refractivity contribution >= 4 is 16.0 Å². The van der Waals surface area contributed by atoms with Gasteiger partial charge < -0.3 is 15.4 Å². The topological polar surface area (TPSA) is 83.0 Å². The van der Waals surface area contributed by atoms with E-state index in [4.69, 9.17) is 4.74 Å². The molecular weight excluding hydrogens is 400 g/mol. The molecule has 170 valence electrons. The van der Waals surface area contributed by atoms with Crippen LogP contribution in [-0.4, -0.2) is 63.3 Å². The van der Waals surface area contributed by atoms with Gasteiger partial charge in [0.25, 0.3) is 0 Å². The molecule has 2 rings (SSSR count). The SMILES string of the molecule is CCCS(=O)(=O)N1CCC(NC(=NCCOc2ccccc2C(C)C)NCC)CC1. The molecule has 0 atom stereocenters. The Balaban J connectivity index is 1.84. The number of para-hydroxylation sites is 1. The number of benzene rings is 1. The lowest BCUT2D eigenvalue weighted by Gasteiger charge is -2.32. The minimum atomic E-state index is -3.11. The first kappa shape index (κ1) is 24.5. The fourth-order valence-electron chi connectivity index (χ4n) is 3.58. The predicted octanol–water partition coefficient (Wildman–Crippen LogP) is 2.95. The van der Waals surface area contributed by atoms with Crippen molar-refractivity contribution in [3.05, 3.63) is 29.8 Å². The fourth-order valence-corrected chi connectivity index (χ4v) is 5.12. The van der Waals surface area contributed by atoms with Crippen molar-refractivity contribution in [2.24, 2.45) is 4.99 Å². The minimum Gasteiger partial charge on any atom is -0.491 e. The molecule has 0 spiro atoms. The highest BCUT2D eigenvalue weighted by Gasteiger charge is 2.27. The predicted molar refractivity (Wildman–Crippen MR) is 124 cm³/mol. The number of hydrogen-bond acceptors (Lipinski definition) is 4. The standard InChI is InChI=1S/C22H38N4O3S/c1-5-17-30(27,28)26-14-11-19(12-15-26)25-22(23-6-2)24-13-16-29-21-10-8-7-9-20(21)18(3)4/h7-10,18-19H,5-6,11-17H2,1-4H3,(H2,23,24,25). The van der Waals surface area contributed by atoms with Crippen molar-refractivity contribution in [2.75, 3.05) is 38.5 Å². The molecule has 0 bridgehead atoms. The van der Waals surface area contributed by atoms with Crippen LogP contribution in [0.5, 0.6) is 5.75 Å². The van der Waals surface area contributed by atoms with Crippen LogP contribution < -0.4 is 15.4 Å². The Morgan fingerprint density at radius 3 is 2.57 bits per heavy atom. The smallest absolute Gasteiger partial charge is 0.214 e. The summed E-state index contributed by atoms with van der Waals surface area (Å²) in [4.78, 5) is 4.63. The van der Waals surface area contributed by atoms with Crippen LogP contribution in [0.25, 0.3) is 0 Å². The third-order valence-electron chi connectivity index (χ3n) is 5.15. The maximum Gasteiger partial charge on any atom is 0.214 e. The third-order valence-corrected chi connectivity index (χ3v) is 7.23. The monoisotopic (exact) mass is 438 g/mol. The molecule has 0 radical (unpaired) electrons. The first-order valence-corrected chi connectivity index (χ1v) is 12.7. The molecule has 0 aliphatic carbocycles. The van der Waals surface area contributed by atoms with Crippen LogP contribution >= 0.6 is 0 Å². The average molecular weight is 439 g/mol. The van der Waals surface area contributed by atoms with E-state index in [2.05, 4.69) is 35.5 Å². The molecule has 0 amide bonds. The summed E-state index contributed by atoms with van der Waals surface area (Å²) >= 11 is 0. The number of aliphatic imine (C=N–C) groups is 1. The highest BCUT2D eigenvalue weighted by molar-refractivity contribution is 7.89. The van der Waals surface area contributed by atoms with Gasteiger partial charge in [-0.3, -0.25) is 0 Å². The van der Waals surface area contributed by atoms with Gasteiger partial charge in [-0.25, -0.2) is 17.7 Å². The molecule has 0 saturated carbocycles. The van der Waals surface area contributed by atoms with Gasteiger partial charge in [0.1, 0.15) is 12.4 Å². The maximum atomic E-state index is 12.2. The van der Waals surface area contributed by atoms with E-state index in [-0.39, 0.29) is 11.8 Å². The molecule has 0 unspecified atom stereocenters. The number of sulfonamides is 1. The minimum absolute atomic E-state index is 0.221. The van der Waals surface area contributed by atoms with Gasteiger partial charge in [-0.1, -0.05) is 39.0 Å². The quantitative estimate of drug-likeness (QED) is 0.333. The van der Waals surface area contributed by atoms with Crippen LogP contribution in [-0.2, 0) is 10.0 Å². The van der Waals surface area contributed by atoms with Gasteiger partial charge >= 0.3 is 0 Å². The van der Waals surface area contributed by atoms with Gasteiger partial charge in [-0.2, -0.15) is 0 Å². The van der Waals surface area contributed by atoms with Crippen LogP contribution in [0.2, 0.25) is 0 Å². The van der Waals surface area contributed by atoms with Crippen LogP contribution in [0.15, 0.2) is 29.3 Å². The van der Waals surface area contributed by atoms with Crippen molar-refractivity contribution in [3.8, 4) is 5.75 Å². The molecule has 1 saturated heterocycles. The zero-order chi connectivity index (χ0) is 22.0. The lowest BCUT2D eigenvalue weighted by molar-refractivity contribution is 0.305. The molecule has 0 aromatic heterocycles. The number of nitrogens with one attached hydrogen (secondary N) is 2. The summed E-state index contributed by atoms with van der Waals surface area (Å²) in [5.41, 5.74) is 1.20. The van der Waals surface area contributed by atoms with Crippen LogP contribution in [0.1, 0.15) is 58.4 Å². The van der Waals surface area contributed by atoms with Gasteiger partial charge in [0, 0.05) is 25.7 Å². The van der Waals surface area contributed by atoms with E-state index in [0.717, 1.165) is 31.1 Å². The Kier molecular flexibility index (Phi) is 9.91. The third kappa shape index (κ3) is 7.47. The molecule has 30 heavy (non-hydrogen) atoms. The Morgan fingerprint density at radius 2 is 1.93 bits per heavy atom. The van der Waals surface area contributed by atoms with Crippen molar-refractivity contribution in [1.82, 2.24) is 14.9 Å². The summed E-state index contributed by atoms with van der Waals surface area (Å²) in [5, 5.41) is 6.72. The zero-order valence-corrected chi connectivity index (χ0v) is 19.7. The highest BCUT2D eigenvalue weighted by Crippen LogP contribution is 2.25. The molecule has 8 heteroatoms.